The zero-order valence-corrected chi connectivity index (χ0v) is 17.8. The fourth-order valence-electron chi connectivity index (χ4n) is 3.10. The number of hydrogen-bond donors (Lipinski definition) is 0. The third-order valence-corrected chi connectivity index (χ3v) is 4.57. The highest BCUT2D eigenvalue weighted by atomic mass is 16.5. The first-order valence-corrected chi connectivity index (χ1v) is 9.97. The van der Waals surface area contributed by atoms with Crippen LogP contribution < -0.4 is 9.47 Å². The first-order chi connectivity index (χ1) is 13.6. The molecule has 29 heavy (non-hydrogen) atoms. The summed E-state index contributed by atoms with van der Waals surface area (Å²) < 4.78 is 17.3. The molecule has 3 aromatic heterocycles. The molecule has 1 aliphatic rings. The van der Waals surface area contributed by atoms with Gasteiger partial charge in [-0.1, -0.05) is 11.6 Å². The van der Waals surface area contributed by atoms with E-state index in [4.69, 9.17) is 14.0 Å². The van der Waals surface area contributed by atoms with Crippen molar-refractivity contribution in [1.29, 1.82) is 0 Å². The van der Waals surface area contributed by atoms with Crippen molar-refractivity contribution in [2.75, 3.05) is 0 Å². The molecule has 154 valence electrons. The fourth-order valence-corrected chi connectivity index (χ4v) is 3.10. The van der Waals surface area contributed by atoms with E-state index in [0.29, 0.717) is 28.8 Å². The summed E-state index contributed by atoms with van der Waals surface area (Å²) in [4.78, 5) is 8.87. The van der Waals surface area contributed by atoms with Crippen LogP contribution in [-0.2, 0) is 0 Å². The van der Waals surface area contributed by atoms with Crippen molar-refractivity contribution in [3.05, 3.63) is 18.0 Å². The Morgan fingerprint density at radius 1 is 1.00 bits per heavy atom. The Morgan fingerprint density at radius 2 is 1.72 bits per heavy atom. The summed E-state index contributed by atoms with van der Waals surface area (Å²) >= 11 is 0. The monoisotopic (exact) mass is 397 g/mol. The van der Waals surface area contributed by atoms with Gasteiger partial charge in [0.05, 0.1) is 16.6 Å². The Balaban J connectivity index is 1.78. The Bertz CT molecular complexity index is 1030. The maximum Gasteiger partial charge on any atom is 0.320 e. The maximum atomic E-state index is 6.11. The average Bonchev–Trinajstić information content (AvgIpc) is 2.93. The summed E-state index contributed by atoms with van der Waals surface area (Å²) in [6, 6.07) is 2.19. The van der Waals surface area contributed by atoms with Crippen LogP contribution in [0.3, 0.4) is 0 Å². The second kappa shape index (κ2) is 6.93. The van der Waals surface area contributed by atoms with Crippen LogP contribution in [0, 0.1) is 0 Å². The van der Waals surface area contributed by atoms with Gasteiger partial charge in [-0.3, -0.25) is 0 Å². The average molecular weight is 397 g/mol. The Labute approximate surface area is 170 Å². The van der Waals surface area contributed by atoms with Gasteiger partial charge in [-0.2, -0.15) is 4.98 Å². The van der Waals surface area contributed by atoms with Gasteiger partial charge < -0.3 is 14.0 Å². The van der Waals surface area contributed by atoms with E-state index >= 15 is 0 Å². The summed E-state index contributed by atoms with van der Waals surface area (Å²) in [7, 11) is 0. The zero-order chi connectivity index (χ0) is 20.8. The minimum absolute atomic E-state index is 0.259. The molecule has 0 N–H and O–H groups in total. The van der Waals surface area contributed by atoms with Gasteiger partial charge in [-0.25, -0.2) is 4.98 Å². The van der Waals surface area contributed by atoms with Crippen molar-refractivity contribution in [2.24, 2.45) is 0 Å². The van der Waals surface area contributed by atoms with Gasteiger partial charge in [0.1, 0.15) is 16.9 Å². The highest BCUT2D eigenvalue weighted by Crippen LogP contribution is 2.40. The minimum Gasteiger partial charge on any atom is -0.471 e. The first kappa shape index (κ1) is 19.5. The molecule has 1 aliphatic carbocycles. The molecule has 4 rings (SSSR count). The van der Waals surface area contributed by atoms with E-state index < -0.39 is 11.2 Å². The lowest BCUT2D eigenvalue weighted by Gasteiger charge is -2.24. The molecule has 8 nitrogen and oxygen atoms in total. The molecule has 0 bridgehead atoms. The molecule has 0 radical (unpaired) electrons. The number of fused-ring (bicyclic) bond motifs is 1. The number of aromatic nitrogens is 5. The lowest BCUT2D eigenvalue weighted by atomic mass is 9.82. The minimum atomic E-state index is -0.450. The number of rotatable bonds is 4. The molecular formula is C21H27N5O3. The van der Waals surface area contributed by atoms with Gasteiger partial charge in [-0.15, -0.1) is 10.2 Å². The van der Waals surface area contributed by atoms with E-state index in [9.17, 15) is 0 Å². The van der Waals surface area contributed by atoms with Crippen LogP contribution >= 0.6 is 0 Å². The predicted octanol–water partition coefficient (Wildman–Crippen LogP) is 4.70. The topological polar surface area (TPSA) is 96.1 Å². The van der Waals surface area contributed by atoms with Crippen LogP contribution in [0.5, 0.6) is 11.9 Å². The second-order valence-electron chi connectivity index (χ2n) is 9.44. The van der Waals surface area contributed by atoms with Gasteiger partial charge in [-0.05, 0) is 60.5 Å². The van der Waals surface area contributed by atoms with Crippen molar-refractivity contribution in [3.63, 3.8) is 0 Å². The van der Waals surface area contributed by atoms with Crippen LogP contribution in [0.15, 0.2) is 16.8 Å². The molecule has 0 aromatic carbocycles. The highest BCUT2D eigenvalue weighted by molar-refractivity contribution is 5.81. The summed E-state index contributed by atoms with van der Waals surface area (Å²) in [6.07, 6.45) is 5.14. The molecule has 3 heterocycles. The number of ether oxygens (including phenoxy) is 2. The van der Waals surface area contributed by atoms with Gasteiger partial charge in [0.15, 0.2) is 0 Å². The van der Waals surface area contributed by atoms with Crippen molar-refractivity contribution >= 4 is 11.1 Å². The van der Waals surface area contributed by atoms with Crippen LogP contribution in [0.2, 0.25) is 0 Å². The third-order valence-electron chi connectivity index (χ3n) is 4.57. The van der Waals surface area contributed by atoms with E-state index in [-0.39, 0.29) is 6.01 Å². The highest BCUT2D eigenvalue weighted by Gasteiger charge is 2.27. The van der Waals surface area contributed by atoms with Crippen LogP contribution in [0.4, 0.5) is 0 Å². The predicted molar refractivity (Wildman–Crippen MR) is 108 cm³/mol. The van der Waals surface area contributed by atoms with Gasteiger partial charge >= 0.3 is 6.01 Å². The summed E-state index contributed by atoms with van der Waals surface area (Å²) in [5.41, 5.74) is 1.80. The molecular weight excluding hydrogens is 370 g/mol. The van der Waals surface area contributed by atoms with Crippen molar-refractivity contribution in [2.45, 2.75) is 77.9 Å². The number of nitrogens with zero attached hydrogens (tertiary/aromatic N) is 5. The molecule has 0 unspecified atom stereocenters. The van der Waals surface area contributed by atoms with E-state index in [1.807, 2.05) is 47.6 Å². The molecule has 0 saturated heterocycles. The smallest absolute Gasteiger partial charge is 0.320 e. The van der Waals surface area contributed by atoms with Gasteiger partial charge in [0.2, 0.25) is 5.88 Å². The maximum absolute atomic E-state index is 6.11. The number of hydrogen-bond acceptors (Lipinski definition) is 8. The summed E-state index contributed by atoms with van der Waals surface area (Å²) in [5.74, 6) is 0.833. The van der Waals surface area contributed by atoms with Gasteiger partial charge in [0, 0.05) is 12.1 Å². The third kappa shape index (κ3) is 4.31. The van der Waals surface area contributed by atoms with Crippen LogP contribution in [-0.4, -0.2) is 36.5 Å². The molecule has 0 spiro atoms. The molecule has 0 atom stereocenters. The van der Waals surface area contributed by atoms with Crippen molar-refractivity contribution in [1.82, 2.24) is 25.3 Å². The Hall–Kier alpha value is -2.77. The van der Waals surface area contributed by atoms with E-state index in [2.05, 4.69) is 25.3 Å². The fraction of sp³-hybridized carbons (Fsp3) is 0.571. The lowest BCUT2D eigenvalue weighted by Crippen LogP contribution is -2.26. The van der Waals surface area contributed by atoms with Crippen LogP contribution in [0.1, 0.15) is 72.4 Å². The molecule has 1 fully saturated rings. The Morgan fingerprint density at radius 3 is 2.34 bits per heavy atom. The van der Waals surface area contributed by atoms with E-state index in [1.54, 1.807) is 6.20 Å². The van der Waals surface area contributed by atoms with Crippen molar-refractivity contribution in [3.8, 4) is 23.1 Å². The largest absolute Gasteiger partial charge is 0.471 e. The van der Waals surface area contributed by atoms with Crippen molar-refractivity contribution < 1.29 is 14.0 Å². The van der Waals surface area contributed by atoms with Crippen LogP contribution in [0.25, 0.3) is 22.4 Å². The molecule has 0 aliphatic heterocycles. The summed E-state index contributed by atoms with van der Waals surface area (Å²) in [6.45, 7) is 11.7. The van der Waals surface area contributed by atoms with E-state index in [1.165, 1.54) is 6.42 Å². The molecule has 0 amide bonds. The molecule has 3 aromatic rings. The normalized spacial score (nSPS) is 15.4. The standard InChI is InChI=1S/C21H27N5O3/c1-20(2,3)27-17-14(11-22-19(23-17)28-21(4,5)6)15-10-13-16(12-8-7-9-12)26-29-18(13)25-24-15/h10-12H,7-9H2,1-6H3. The van der Waals surface area contributed by atoms with E-state index in [0.717, 1.165) is 23.9 Å². The van der Waals surface area contributed by atoms with Gasteiger partial charge in [0.25, 0.3) is 5.71 Å². The Kier molecular flexibility index (Phi) is 4.67. The first-order valence-electron chi connectivity index (χ1n) is 9.97. The SMILES string of the molecule is CC(C)(C)Oc1ncc(-c2cc3c(C4CCC4)noc3nn2)c(OC(C)(C)C)n1. The second-order valence-corrected chi connectivity index (χ2v) is 9.44. The summed E-state index contributed by atoms with van der Waals surface area (Å²) in [5, 5.41) is 13.6. The molecule has 1 saturated carbocycles. The zero-order valence-electron chi connectivity index (χ0n) is 17.8. The molecule has 8 heteroatoms. The quantitative estimate of drug-likeness (QED) is 0.625. The lowest BCUT2D eigenvalue weighted by molar-refractivity contribution is 0.103.